The van der Waals surface area contributed by atoms with Crippen LogP contribution in [-0.2, 0) is 0 Å². The van der Waals surface area contributed by atoms with Gasteiger partial charge < -0.3 is 20.3 Å². The van der Waals surface area contributed by atoms with Crippen molar-refractivity contribution >= 4 is 16.8 Å². The molecule has 3 N–H and O–H groups in total. The fourth-order valence-electron chi connectivity index (χ4n) is 3.63. The molecule has 0 aliphatic carbocycles. The Balaban J connectivity index is 1.97. The van der Waals surface area contributed by atoms with Crippen LogP contribution in [0.5, 0.6) is 5.75 Å². The second-order valence-corrected chi connectivity index (χ2v) is 6.69. The van der Waals surface area contributed by atoms with Crippen molar-refractivity contribution in [2.45, 2.75) is 45.6 Å². The number of carbonyl (C=O) groups is 1. The molecule has 0 saturated carbocycles. The SMILES string of the molecule is CCCCN(C(=O)c1c(C)[nH]c2ccc(O)cc12)C1CCNCC1. The van der Waals surface area contributed by atoms with Gasteiger partial charge in [-0.2, -0.15) is 0 Å². The van der Waals surface area contributed by atoms with Crippen LogP contribution in [0.2, 0.25) is 0 Å². The van der Waals surface area contributed by atoms with Crippen LogP contribution in [0.3, 0.4) is 0 Å². The van der Waals surface area contributed by atoms with Crippen molar-refractivity contribution in [1.29, 1.82) is 0 Å². The monoisotopic (exact) mass is 329 g/mol. The number of hydrogen-bond acceptors (Lipinski definition) is 3. The second kappa shape index (κ2) is 7.26. The van der Waals surface area contributed by atoms with Crippen molar-refractivity contribution in [2.24, 2.45) is 0 Å². The number of nitrogens with zero attached hydrogens (tertiary/aromatic N) is 1. The average Bonchev–Trinajstić information content (AvgIpc) is 2.91. The lowest BCUT2D eigenvalue weighted by Crippen LogP contribution is -2.46. The number of benzene rings is 1. The van der Waals surface area contributed by atoms with Crippen molar-refractivity contribution in [2.75, 3.05) is 19.6 Å². The number of phenols is 1. The predicted octanol–water partition coefficient (Wildman–Crippen LogP) is 3.18. The average molecular weight is 329 g/mol. The van der Waals surface area contributed by atoms with Gasteiger partial charge >= 0.3 is 0 Å². The third kappa shape index (κ3) is 3.26. The highest BCUT2D eigenvalue weighted by atomic mass is 16.3. The van der Waals surface area contributed by atoms with Gasteiger partial charge in [-0.1, -0.05) is 13.3 Å². The molecule has 5 nitrogen and oxygen atoms in total. The number of carbonyl (C=O) groups excluding carboxylic acids is 1. The number of hydrogen-bond donors (Lipinski definition) is 3. The van der Waals surface area contributed by atoms with E-state index in [0.29, 0.717) is 11.6 Å². The quantitative estimate of drug-likeness (QED) is 0.789. The largest absolute Gasteiger partial charge is 0.508 e. The molecule has 1 aliphatic rings. The zero-order valence-corrected chi connectivity index (χ0v) is 14.6. The van der Waals surface area contributed by atoms with Crippen molar-refractivity contribution < 1.29 is 9.90 Å². The molecule has 0 bridgehead atoms. The van der Waals surface area contributed by atoms with E-state index in [1.165, 1.54) is 0 Å². The van der Waals surface area contributed by atoms with Gasteiger partial charge in [0.15, 0.2) is 0 Å². The third-order valence-electron chi connectivity index (χ3n) is 4.95. The summed E-state index contributed by atoms with van der Waals surface area (Å²) in [6.07, 6.45) is 4.09. The number of rotatable bonds is 5. The van der Waals surface area contributed by atoms with Crippen molar-refractivity contribution in [3.8, 4) is 5.75 Å². The minimum atomic E-state index is 0.0877. The van der Waals surface area contributed by atoms with E-state index in [9.17, 15) is 9.90 Å². The molecule has 1 amide bonds. The number of piperidine rings is 1. The maximum atomic E-state index is 13.4. The van der Waals surface area contributed by atoms with E-state index in [2.05, 4.69) is 22.1 Å². The van der Waals surface area contributed by atoms with Gasteiger partial charge in [0.25, 0.3) is 5.91 Å². The van der Waals surface area contributed by atoms with Crippen LogP contribution in [-0.4, -0.2) is 46.6 Å². The number of aromatic amines is 1. The molecule has 1 saturated heterocycles. The van der Waals surface area contributed by atoms with Crippen LogP contribution in [0.1, 0.15) is 48.7 Å². The van der Waals surface area contributed by atoms with Crippen LogP contribution in [0, 0.1) is 6.92 Å². The summed E-state index contributed by atoms with van der Waals surface area (Å²) >= 11 is 0. The van der Waals surface area contributed by atoms with Crippen molar-refractivity contribution in [3.63, 3.8) is 0 Å². The summed E-state index contributed by atoms with van der Waals surface area (Å²) in [5.74, 6) is 0.280. The van der Waals surface area contributed by atoms with E-state index in [0.717, 1.165) is 61.9 Å². The molecule has 2 heterocycles. The number of unbranched alkanes of at least 4 members (excludes halogenated alkanes) is 1. The lowest BCUT2D eigenvalue weighted by molar-refractivity contribution is 0.0640. The number of H-pyrrole nitrogens is 1. The summed E-state index contributed by atoms with van der Waals surface area (Å²) in [7, 11) is 0. The summed E-state index contributed by atoms with van der Waals surface area (Å²) in [4.78, 5) is 18.7. The van der Waals surface area contributed by atoms with Crippen LogP contribution in [0.4, 0.5) is 0 Å². The van der Waals surface area contributed by atoms with Gasteiger partial charge in [0.05, 0.1) is 5.56 Å². The fourth-order valence-corrected chi connectivity index (χ4v) is 3.63. The Morgan fingerprint density at radius 2 is 2.08 bits per heavy atom. The Bertz CT molecular complexity index is 717. The lowest BCUT2D eigenvalue weighted by atomic mass is 10.0. The van der Waals surface area contributed by atoms with Crippen molar-refractivity contribution in [3.05, 3.63) is 29.5 Å². The Morgan fingerprint density at radius 3 is 2.79 bits per heavy atom. The molecule has 1 aliphatic heterocycles. The summed E-state index contributed by atoms with van der Waals surface area (Å²) in [5.41, 5.74) is 2.47. The molecule has 0 spiro atoms. The molecule has 0 unspecified atom stereocenters. The number of aromatic nitrogens is 1. The highest BCUT2D eigenvalue weighted by Gasteiger charge is 2.28. The standard InChI is InChI=1S/C19H27N3O2/c1-3-4-11-22(14-7-9-20-10-8-14)19(24)18-13(2)21-17-6-5-15(23)12-16(17)18/h5-6,12,14,20-21,23H,3-4,7-11H2,1-2H3. The molecule has 0 atom stereocenters. The van der Waals surface area contributed by atoms with Crippen LogP contribution < -0.4 is 5.32 Å². The van der Waals surface area contributed by atoms with E-state index < -0.39 is 0 Å². The van der Waals surface area contributed by atoms with Crippen LogP contribution in [0.25, 0.3) is 10.9 Å². The molecule has 130 valence electrons. The highest BCUT2D eigenvalue weighted by molar-refractivity contribution is 6.08. The number of nitrogens with one attached hydrogen (secondary N) is 2. The van der Waals surface area contributed by atoms with Gasteiger partial charge in [-0.3, -0.25) is 4.79 Å². The minimum absolute atomic E-state index is 0.0877. The molecule has 2 aromatic rings. The maximum absolute atomic E-state index is 13.4. The normalized spacial score (nSPS) is 15.8. The lowest BCUT2D eigenvalue weighted by Gasteiger charge is -2.35. The fraction of sp³-hybridized carbons (Fsp3) is 0.526. The Labute approximate surface area is 143 Å². The molecule has 1 fully saturated rings. The summed E-state index contributed by atoms with van der Waals surface area (Å²) in [6, 6.07) is 5.46. The first-order chi connectivity index (χ1) is 11.6. The summed E-state index contributed by atoms with van der Waals surface area (Å²) in [6.45, 7) is 6.82. The molecule has 1 aromatic carbocycles. The number of aryl methyl sites for hydroxylation is 1. The molecule has 24 heavy (non-hydrogen) atoms. The Kier molecular flexibility index (Phi) is 5.09. The van der Waals surface area contributed by atoms with Gasteiger partial charge in [0.1, 0.15) is 5.75 Å². The summed E-state index contributed by atoms with van der Waals surface area (Å²) < 4.78 is 0. The predicted molar refractivity (Wildman–Crippen MR) is 96.5 cm³/mol. The Hall–Kier alpha value is -2.01. The van der Waals surface area contributed by atoms with Crippen LogP contribution in [0.15, 0.2) is 18.2 Å². The van der Waals surface area contributed by atoms with Gasteiger partial charge in [-0.05, 0) is 57.5 Å². The number of amides is 1. The molecule has 0 radical (unpaired) electrons. The van der Waals surface area contributed by atoms with Gasteiger partial charge in [-0.25, -0.2) is 0 Å². The van der Waals surface area contributed by atoms with Crippen LogP contribution >= 0.6 is 0 Å². The number of aromatic hydroxyl groups is 1. The van der Waals surface area contributed by atoms with Gasteiger partial charge in [0.2, 0.25) is 0 Å². The van der Waals surface area contributed by atoms with Gasteiger partial charge in [-0.15, -0.1) is 0 Å². The molecular weight excluding hydrogens is 302 g/mol. The molecular formula is C19H27N3O2. The Morgan fingerprint density at radius 1 is 1.33 bits per heavy atom. The molecule has 5 heteroatoms. The van der Waals surface area contributed by atoms with E-state index in [1.807, 2.05) is 13.0 Å². The molecule has 1 aromatic heterocycles. The molecule has 3 rings (SSSR count). The minimum Gasteiger partial charge on any atom is -0.508 e. The second-order valence-electron chi connectivity index (χ2n) is 6.69. The van der Waals surface area contributed by atoms with E-state index in [-0.39, 0.29) is 11.7 Å². The smallest absolute Gasteiger partial charge is 0.256 e. The topological polar surface area (TPSA) is 68.4 Å². The van der Waals surface area contributed by atoms with Gasteiger partial charge in [0, 0.05) is 29.2 Å². The first-order valence-electron chi connectivity index (χ1n) is 8.94. The number of fused-ring (bicyclic) bond motifs is 1. The van der Waals surface area contributed by atoms with Crippen molar-refractivity contribution in [1.82, 2.24) is 15.2 Å². The number of phenolic OH excluding ortho intramolecular Hbond substituents is 1. The van der Waals surface area contributed by atoms with E-state index in [4.69, 9.17) is 0 Å². The zero-order chi connectivity index (χ0) is 17.1. The first-order valence-corrected chi connectivity index (χ1v) is 8.94. The van der Waals surface area contributed by atoms with E-state index >= 15 is 0 Å². The summed E-state index contributed by atoms with van der Waals surface area (Å²) in [5, 5.41) is 14.0. The first kappa shape index (κ1) is 16.8. The highest BCUT2D eigenvalue weighted by Crippen LogP contribution is 2.28. The zero-order valence-electron chi connectivity index (χ0n) is 14.6. The third-order valence-corrected chi connectivity index (χ3v) is 4.95. The van der Waals surface area contributed by atoms with E-state index in [1.54, 1.807) is 12.1 Å². The maximum Gasteiger partial charge on any atom is 0.256 e.